The van der Waals surface area contributed by atoms with Crippen LogP contribution in [0.2, 0.25) is 0 Å². The molecule has 2 saturated heterocycles. The second-order valence-corrected chi connectivity index (χ2v) is 15.9. The number of rotatable bonds is 15. The van der Waals surface area contributed by atoms with Crippen LogP contribution in [-0.2, 0) is 0 Å². The van der Waals surface area contributed by atoms with Gasteiger partial charge in [0.25, 0.3) is 0 Å². The summed E-state index contributed by atoms with van der Waals surface area (Å²) in [6.45, 7) is 25.1. The average molecular weight is 537 g/mol. The number of likely N-dealkylation sites (tertiary alicyclic amines) is 2. The summed E-state index contributed by atoms with van der Waals surface area (Å²) in [5.74, 6) is 0. The number of hydrogen-bond donors (Lipinski definition) is 2. The third kappa shape index (κ3) is 8.20. The third-order valence-electron chi connectivity index (χ3n) is 10.2. The lowest BCUT2D eigenvalue weighted by atomic mass is 9.57. The standard InChI is InChI=1S/C34H68N2O2/c1-11-13-15-17-19-21-23-35-29(3,4)25-33(37,26-30(35,5)6)34(38)27-31(7,8)36(32(9,10)28-34)24-22-20-18-16-14-12-2/h37-38H,11-28H2,1-10H3. The molecule has 0 aliphatic carbocycles. The molecule has 0 bridgehead atoms. The van der Waals surface area contributed by atoms with E-state index in [9.17, 15) is 10.2 Å². The summed E-state index contributed by atoms with van der Waals surface area (Å²) < 4.78 is 0. The quantitative estimate of drug-likeness (QED) is 0.206. The summed E-state index contributed by atoms with van der Waals surface area (Å²) in [5.41, 5.74) is -2.87. The van der Waals surface area contributed by atoms with E-state index in [0.717, 1.165) is 13.1 Å². The van der Waals surface area contributed by atoms with Crippen LogP contribution in [0.15, 0.2) is 0 Å². The molecule has 0 aromatic rings. The van der Waals surface area contributed by atoms with E-state index in [-0.39, 0.29) is 22.2 Å². The first-order valence-electron chi connectivity index (χ1n) is 16.5. The van der Waals surface area contributed by atoms with Gasteiger partial charge in [-0.25, -0.2) is 0 Å². The molecule has 2 rings (SSSR count). The van der Waals surface area contributed by atoms with Crippen LogP contribution >= 0.6 is 0 Å². The number of aliphatic hydroxyl groups is 2. The average Bonchev–Trinajstić information content (AvgIpc) is 2.74. The van der Waals surface area contributed by atoms with E-state index in [1.807, 2.05) is 0 Å². The maximum Gasteiger partial charge on any atom is 0.0969 e. The number of piperidine rings is 2. The molecule has 0 aromatic carbocycles. The summed E-state index contributed by atoms with van der Waals surface area (Å²) in [5, 5.41) is 24.9. The maximum atomic E-state index is 12.5. The largest absolute Gasteiger partial charge is 0.387 e. The lowest BCUT2D eigenvalue weighted by Gasteiger charge is -2.66. The van der Waals surface area contributed by atoms with Crippen LogP contribution in [0.5, 0.6) is 0 Å². The molecule has 0 unspecified atom stereocenters. The van der Waals surface area contributed by atoms with Crippen molar-refractivity contribution in [2.75, 3.05) is 13.1 Å². The Balaban J connectivity index is 2.14. The second-order valence-electron chi connectivity index (χ2n) is 15.9. The molecule has 2 heterocycles. The minimum Gasteiger partial charge on any atom is -0.387 e. The van der Waals surface area contributed by atoms with E-state index in [2.05, 4.69) is 79.0 Å². The van der Waals surface area contributed by atoms with E-state index in [1.54, 1.807) is 0 Å². The highest BCUT2D eigenvalue weighted by atomic mass is 16.4. The van der Waals surface area contributed by atoms with Gasteiger partial charge in [0.05, 0.1) is 11.2 Å². The smallest absolute Gasteiger partial charge is 0.0969 e. The number of nitrogens with zero attached hydrogens (tertiary/aromatic N) is 2. The fraction of sp³-hybridized carbons (Fsp3) is 1.00. The maximum absolute atomic E-state index is 12.5. The van der Waals surface area contributed by atoms with E-state index in [1.165, 1.54) is 77.0 Å². The van der Waals surface area contributed by atoms with Crippen LogP contribution in [-0.4, -0.2) is 66.5 Å². The van der Waals surface area contributed by atoms with Gasteiger partial charge in [0.2, 0.25) is 0 Å². The van der Waals surface area contributed by atoms with Gasteiger partial charge in [0, 0.05) is 22.2 Å². The van der Waals surface area contributed by atoms with Gasteiger partial charge in [0.1, 0.15) is 0 Å². The van der Waals surface area contributed by atoms with Crippen molar-refractivity contribution in [2.45, 2.75) is 205 Å². The highest BCUT2D eigenvalue weighted by Gasteiger charge is 2.64. The Labute approximate surface area is 238 Å². The van der Waals surface area contributed by atoms with Crippen LogP contribution in [0.1, 0.15) is 172 Å². The normalized spacial score (nSPS) is 25.9. The first-order valence-corrected chi connectivity index (χ1v) is 16.5. The Morgan fingerprint density at radius 3 is 0.921 bits per heavy atom. The van der Waals surface area contributed by atoms with E-state index < -0.39 is 11.2 Å². The van der Waals surface area contributed by atoms with E-state index >= 15 is 0 Å². The molecule has 2 N–H and O–H groups in total. The van der Waals surface area contributed by atoms with Gasteiger partial charge in [-0.2, -0.15) is 0 Å². The molecule has 0 saturated carbocycles. The van der Waals surface area contributed by atoms with Gasteiger partial charge >= 0.3 is 0 Å². The molecular formula is C34H68N2O2. The highest BCUT2D eigenvalue weighted by molar-refractivity contribution is 5.19. The summed E-state index contributed by atoms with van der Waals surface area (Å²) in [6.07, 6.45) is 18.1. The molecular weight excluding hydrogens is 468 g/mol. The summed E-state index contributed by atoms with van der Waals surface area (Å²) >= 11 is 0. The molecule has 2 aliphatic rings. The van der Waals surface area contributed by atoms with Crippen molar-refractivity contribution < 1.29 is 10.2 Å². The molecule has 226 valence electrons. The summed E-state index contributed by atoms with van der Waals surface area (Å²) in [7, 11) is 0. The van der Waals surface area contributed by atoms with Crippen LogP contribution < -0.4 is 0 Å². The van der Waals surface area contributed by atoms with Crippen molar-refractivity contribution in [3.05, 3.63) is 0 Å². The fourth-order valence-corrected chi connectivity index (χ4v) is 8.98. The molecule has 2 fully saturated rings. The highest BCUT2D eigenvalue weighted by Crippen LogP contribution is 2.55. The van der Waals surface area contributed by atoms with Crippen molar-refractivity contribution in [1.29, 1.82) is 0 Å². The van der Waals surface area contributed by atoms with Gasteiger partial charge in [0.15, 0.2) is 0 Å². The summed E-state index contributed by atoms with van der Waals surface area (Å²) in [6, 6.07) is 0. The third-order valence-corrected chi connectivity index (χ3v) is 10.2. The molecule has 0 aromatic heterocycles. The zero-order chi connectivity index (χ0) is 28.9. The van der Waals surface area contributed by atoms with Gasteiger partial charge in [-0.15, -0.1) is 0 Å². The van der Waals surface area contributed by atoms with Crippen molar-refractivity contribution in [2.24, 2.45) is 0 Å². The van der Waals surface area contributed by atoms with Gasteiger partial charge in [-0.1, -0.05) is 78.1 Å². The molecule has 0 amide bonds. The molecule has 38 heavy (non-hydrogen) atoms. The van der Waals surface area contributed by atoms with Crippen LogP contribution in [0.25, 0.3) is 0 Å². The van der Waals surface area contributed by atoms with E-state index in [0.29, 0.717) is 25.7 Å². The predicted molar refractivity (Wildman–Crippen MR) is 165 cm³/mol. The Morgan fingerprint density at radius 2 is 0.658 bits per heavy atom. The van der Waals surface area contributed by atoms with Crippen molar-refractivity contribution >= 4 is 0 Å². The number of unbranched alkanes of at least 4 members (excludes halogenated alkanes) is 10. The summed E-state index contributed by atoms with van der Waals surface area (Å²) in [4.78, 5) is 5.28. The molecule has 2 aliphatic heterocycles. The Kier molecular flexibility index (Phi) is 11.8. The second kappa shape index (κ2) is 13.2. The molecule has 4 heteroatoms. The Hall–Kier alpha value is -0.160. The topological polar surface area (TPSA) is 46.9 Å². The molecule has 0 radical (unpaired) electrons. The minimum absolute atomic E-state index is 0.167. The minimum atomic E-state index is -1.10. The van der Waals surface area contributed by atoms with E-state index in [4.69, 9.17) is 0 Å². The van der Waals surface area contributed by atoms with Crippen molar-refractivity contribution in [1.82, 2.24) is 9.80 Å². The molecule has 4 nitrogen and oxygen atoms in total. The lowest BCUT2D eigenvalue weighted by molar-refractivity contribution is -0.262. The van der Waals surface area contributed by atoms with Crippen molar-refractivity contribution in [3.8, 4) is 0 Å². The zero-order valence-electron chi connectivity index (χ0n) is 27.5. The van der Waals surface area contributed by atoms with Gasteiger partial charge < -0.3 is 10.2 Å². The Bertz CT molecular complexity index is 615. The molecule has 0 spiro atoms. The van der Waals surface area contributed by atoms with Crippen LogP contribution in [0, 0.1) is 0 Å². The Morgan fingerprint density at radius 1 is 0.421 bits per heavy atom. The first kappa shape index (κ1) is 34.0. The van der Waals surface area contributed by atoms with Gasteiger partial charge in [-0.3, -0.25) is 9.80 Å². The first-order chi connectivity index (χ1) is 17.5. The fourth-order valence-electron chi connectivity index (χ4n) is 8.98. The lowest BCUT2D eigenvalue weighted by Crippen LogP contribution is -2.76. The van der Waals surface area contributed by atoms with Crippen LogP contribution in [0.3, 0.4) is 0 Å². The zero-order valence-corrected chi connectivity index (χ0v) is 27.5. The van der Waals surface area contributed by atoms with Crippen molar-refractivity contribution in [3.63, 3.8) is 0 Å². The number of hydrogen-bond acceptors (Lipinski definition) is 4. The van der Waals surface area contributed by atoms with Crippen LogP contribution in [0.4, 0.5) is 0 Å². The molecule has 0 atom stereocenters. The SMILES string of the molecule is CCCCCCCCN1C(C)(C)CC(O)(C2(O)CC(C)(C)N(CCCCCCCC)C(C)(C)C2)CC1(C)C. The van der Waals surface area contributed by atoms with Gasteiger partial charge in [-0.05, 0) is 107 Å². The predicted octanol–water partition coefficient (Wildman–Crippen LogP) is 8.48. The monoisotopic (exact) mass is 537 g/mol.